The smallest absolute Gasteiger partial charge is 0.307 e. The van der Waals surface area contributed by atoms with Crippen LogP contribution in [0, 0.1) is 10.1 Å². The molecule has 0 saturated carbocycles. The predicted molar refractivity (Wildman–Crippen MR) is 76.4 cm³/mol. The molecule has 0 radical (unpaired) electrons. The Kier molecular flexibility index (Phi) is 4.18. The van der Waals surface area contributed by atoms with Crippen LogP contribution >= 0.6 is 0 Å². The first-order valence-electron chi connectivity index (χ1n) is 6.15. The van der Waals surface area contributed by atoms with Crippen molar-refractivity contribution in [3.8, 4) is 16.9 Å². The van der Waals surface area contributed by atoms with Crippen LogP contribution in [0.2, 0.25) is 0 Å². The maximum absolute atomic E-state index is 10.8. The second-order valence-electron chi connectivity index (χ2n) is 4.41. The number of nitro benzene ring substituents is 1. The van der Waals surface area contributed by atoms with Gasteiger partial charge >= 0.3 is 5.97 Å². The lowest BCUT2D eigenvalue weighted by Crippen LogP contribution is -1.99. The Bertz CT molecular complexity index is 679. The van der Waals surface area contributed by atoms with Gasteiger partial charge in [-0.25, -0.2) is 0 Å². The molecule has 0 fully saturated rings. The highest BCUT2D eigenvalue weighted by atomic mass is 16.6. The number of nitro groups is 1. The van der Waals surface area contributed by atoms with Crippen molar-refractivity contribution in [1.29, 1.82) is 0 Å². The summed E-state index contributed by atoms with van der Waals surface area (Å²) in [5.74, 6) is -0.495. The SMILES string of the molecule is COc1cc([N+](=O)[O-])ccc1-c1ccc(CC(=O)O)cc1. The number of carboxylic acid groups (broad SMARTS) is 1. The number of hydrogen-bond acceptors (Lipinski definition) is 4. The van der Waals surface area contributed by atoms with E-state index in [0.29, 0.717) is 16.9 Å². The molecule has 0 aliphatic carbocycles. The Morgan fingerprint density at radius 1 is 1.24 bits per heavy atom. The van der Waals surface area contributed by atoms with E-state index in [2.05, 4.69) is 0 Å². The molecule has 21 heavy (non-hydrogen) atoms. The lowest BCUT2D eigenvalue weighted by Gasteiger charge is -2.09. The van der Waals surface area contributed by atoms with Crippen molar-refractivity contribution in [1.82, 2.24) is 0 Å². The number of hydrogen-bond donors (Lipinski definition) is 1. The average Bonchev–Trinajstić information content (AvgIpc) is 2.46. The number of carboxylic acids is 1. The van der Waals surface area contributed by atoms with Crippen LogP contribution in [0.1, 0.15) is 5.56 Å². The largest absolute Gasteiger partial charge is 0.496 e. The van der Waals surface area contributed by atoms with Gasteiger partial charge in [-0.3, -0.25) is 14.9 Å². The predicted octanol–water partition coefficient (Wildman–Crippen LogP) is 2.90. The Labute approximate surface area is 120 Å². The molecule has 6 heteroatoms. The molecule has 0 bridgehead atoms. The third-order valence-electron chi connectivity index (χ3n) is 3.02. The van der Waals surface area contributed by atoms with Crippen LogP contribution in [-0.4, -0.2) is 23.1 Å². The number of benzene rings is 2. The van der Waals surface area contributed by atoms with Crippen LogP contribution in [-0.2, 0) is 11.2 Å². The number of non-ortho nitro benzene ring substituents is 1. The molecule has 0 aliphatic rings. The van der Waals surface area contributed by atoms with Crippen molar-refractivity contribution in [3.63, 3.8) is 0 Å². The van der Waals surface area contributed by atoms with Crippen molar-refractivity contribution in [2.75, 3.05) is 7.11 Å². The zero-order valence-corrected chi connectivity index (χ0v) is 11.3. The number of carbonyl (C=O) groups is 1. The monoisotopic (exact) mass is 287 g/mol. The maximum atomic E-state index is 10.8. The van der Waals surface area contributed by atoms with Crippen LogP contribution in [0.15, 0.2) is 42.5 Å². The average molecular weight is 287 g/mol. The van der Waals surface area contributed by atoms with E-state index in [9.17, 15) is 14.9 Å². The first-order valence-corrected chi connectivity index (χ1v) is 6.15. The van der Waals surface area contributed by atoms with Crippen LogP contribution in [0.5, 0.6) is 5.75 Å². The van der Waals surface area contributed by atoms with E-state index in [0.717, 1.165) is 5.56 Å². The second kappa shape index (κ2) is 6.04. The first kappa shape index (κ1) is 14.5. The zero-order valence-electron chi connectivity index (χ0n) is 11.3. The molecule has 2 aromatic rings. The van der Waals surface area contributed by atoms with E-state index >= 15 is 0 Å². The summed E-state index contributed by atoms with van der Waals surface area (Å²) in [6.45, 7) is 0. The summed E-state index contributed by atoms with van der Waals surface area (Å²) < 4.78 is 5.19. The Hall–Kier alpha value is -2.89. The lowest BCUT2D eigenvalue weighted by atomic mass is 10.0. The Morgan fingerprint density at radius 2 is 1.90 bits per heavy atom. The Morgan fingerprint density at radius 3 is 2.43 bits per heavy atom. The molecule has 0 aromatic heterocycles. The minimum Gasteiger partial charge on any atom is -0.496 e. The van der Waals surface area contributed by atoms with Crippen molar-refractivity contribution >= 4 is 11.7 Å². The molecule has 1 N–H and O–H groups in total. The number of nitrogens with zero attached hydrogens (tertiary/aromatic N) is 1. The van der Waals surface area contributed by atoms with Crippen LogP contribution in [0.4, 0.5) is 5.69 Å². The van der Waals surface area contributed by atoms with E-state index < -0.39 is 10.9 Å². The summed E-state index contributed by atoms with van der Waals surface area (Å²) in [6.07, 6.45) is -0.0440. The topological polar surface area (TPSA) is 89.7 Å². The van der Waals surface area contributed by atoms with Crippen molar-refractivity contribution in [2.24, 2.45) is 0 Å². The van der Waals surface area contributed by atoms with Gasteiger partial charge in [0.1, 0.15) is 5.75 Å². The summed E-state index contributed by atoms with van der Waals surface area (Å²) >= 11 is 0. The second-order valence-corrected chi connectivity index (χ2v) is 4.41. The molecule has 2 rings (SSSR count). The highest BCUT2D eigenvalue weighted by Crippen LogP contribution is 2.33. The molecule has 6 nitrogen and oxygen atoms in total. The van der Waals surface area contributed by atoms with Gasteiger partial charge in [-0.2, -0.15) is 0 Å². The van der Waals surface area contributed by atoms with E-state index in [-0.39, 0.29) is 12.1 Å². The summed E-state index contributed by atoms with van der Waals surface area (Å²) in [4.78, 5) is 20.9. The third kappa shape index (κ3) is 3.36. The van der Waals surface area contributed by atoms with E-state index in [4.69, 9.17) is 9.84 Å². The molecule has 0 heterocycles. The van der Waals surface area contributed by atoms with Crippen LogP contribution in [0.25, 0.3) is 11.1 Å². The lowest BCUT2D eigenvalue weighted by molar-refractivity contribution is -0.384. The van der Waals surface area contributed by atoms with Gasteiger partial charge in [-0.15, -0.1) is 0 Å². The molecule has 0 saturated heterocycles. The maximum Gasteiger partial charge on any atom is 0.307 e. The highest BCUT2D eigenvalue weighted by molar-refractivity contribution is 5.74. The minimum absolute atomic E-state index is 0.0434. The fourth-order valence-corrected chi connectivity index (χ4v) is 2.01. The normalized spacial score (nSPS) is 10.1. The summed E-state index contributed by atoms with van der Waals surface area (Å²) in [7, 11) is 1.45. The van der Waals surface area contributed by atoms with Crippen molar-refractivity contribution in [2.45, 2.75) is 6.42 Å². The van der Waals surface area contributed by atoms with Gasteiger partial charge < -0.3 is 9.84 Å². The molecule has 0 amide bonds. The molecule has 0 spiro atoms. The molecule has 2 aromatic carbocycles. The molecule has 108 valence electrons. The summed E-state index contributed by atoms with van der Waals surface area (Å²) in [5, 5.41) is 19.5. The van der Waals surface area contributed by atoms with Gasteiger partial charge in [0.25, 0.3) is 5.69 Å². The van der Waals surface area contributed by atoms with Gasteiger partial charge in [0.15, 0.2) is 0 Å². The molecular formula is C15H13NO5. The van der Waals surface area contributed by atoms with Crippen LogP contribution < -0.4 is 4.74 Å². The van der Waals surface area contributed by atoms with E-state index in [1.807, 2.05) is 0 Å². The standard InChI is InChI=1S/C15H13NO5/c1-21-14-9-12(16(19)20)6-7-13(14)11-4-2-10(3-5-11)8-15(17)18/h2-7,9H,8H2,1H3,(H,17,18). The number of aliphatic carboxylic acids is 1. The van der Waals surface area contributed by atoms with E-state index in [1.165, 1.54) is 19.2 Å². The third-order valence-corrected chi connectivity index (χ3v) is 3.02. The molecular weight excluding hydrogens is 274 g/mol. The number of ether oxygens (including phenoxy) is 1. The fourth-order valence-electron chi connectivity index (χ4n) is 2.01. The fraction of sp³-hybridized carbons (Fsp3) is 0.133. The number of rotatable bonds is 5. The molecule has 0 atom stereocenters. The summed E-state index contributed by atoms with van der Waals surface area (Å²) in [5.41, 5.74) is 2.16. The van der Waals surface area contributed by atoms with Gasteiger partial charge in [0.05, 0.1) is 24.5 Å². The zero-order chi connectivity index (χ0) is 15.4. The molecule has 0 aliphatic heterocycles. The minimum atomic E-state index is -0.893. The van der Waals surface area contributed by atoms with Crippen molar-refractivity contribution in [3.05, 3.63) is 58.1 Å². The molecule has 0 unspecified atom stereocenters. The van der Waals surface area contributed by atoms with Gasteiger partial charge in [0.2, 0.25) is 0 Å². The van der Waals surface area contributed by atoms with E-state index in [1.54, 1.807) is 30.3 Å². The summed E-state index contributed by atoms with van der Waals surface area (Å²) in [6, 6.07) is 11.3. The van der Waals surface area contributed by atoms with Gasteiger partial charge in [-0.05, 0) is 17.2 Å². The quantitative estimate of drug-likeness (QED) is 0.674. The van der Waals surface area contributed by atoms with Crippen molar-refractivity contribution < 1.29 is 19.6 Å². The highest BCUT2D eigenvalue weighted by Gasteiger charge is 2.12. The van der Waals surface area contributed by atoms with Crippen LogP contribution in [0.3, 0.4) is 0 Å². The number of methoxy groups -OCH3 is 1. The van der Waals surface area contributed by atoms with Gasteiger partial charge in [-0.1, -0.05) is 24.3 Å². The Balaban J connectivity index is 2.37. The first-order chi connectivity index (χ1) is 10.0. The van der Waals surface area contributed by atoms with Gasteiger partial charge in [0, 0.05) is 11.6 Å².